The lowest BCUT2D eigenvalue weighted by atomic mass is 10.1. The van der Waals surface area contributed by atoms with Crippen molar-refractivity contribution in [3.8, 4) is 11.5 Å². The van der Waals surface area contributed by atoms with E-state index in [-0.39, 0.29) is 23.0 Å². The Kier molecular flexibility index (Phi) is 3.57. The van der Waals surface area contributed by atoms with Gasteiger partial charge in [-0.25, -0.2) is 0 Å². The van der Waals surface area contributed by atoms with Crippen molar-refractivity contribution in [2.75, 3.05) is 5.75 Å². The average molecular weight is 264 g/mol. The first-order valence-corrected chi connectivity index (χ1v) is 6.21. The van der Waals surface area contributed by atoms with Crippen LogP contribution < -0.4 is 0 Å². The lowest BCUT2D eigenvalue weighted by Crippen LogP contribution is -2.01. The van der Waals surface area contributed by atoms with Crippen LogP contribution in [0.4, 0.5) is 0 Å². The number of aromatic nitrogens is 2. The normalized spacial score (nSPS) is 10.5. The Hall–Kier alpha value is -1.95. The maximum absolute atomic E-state index is 11.8. The number of phenolic OH excluding ortho intramolecular Hbond substituents is 2. The van der Waals surface area contributed by atoms with Gasteiger partial charge in [-0.3, -0.25) is 9.48 Å². The molecule has 18 heavy (non-hydrogen) atoms. The first-order chi connectivity index (χ1) is 8.56. The van der Waals surface area contributed by atoms with Crippen LogP contribution in [0.3, 0.4) is 0 Å². The van der Waals surface area contributed by atoms with Crippen LogP contribution in [0.1, 0.15) is 10.4 Å². The van der Waals surface area contributed by atoms with E-state index in [0.717, 1.165) is 4.90 Å². The summed E-state index contributed by atoms with van der Waals surface area (Å²) in [5.74, 6) is -0.367. The molecule has 0 unspecified atom stereocenters. The fraction of sp³-hybridized carbons (Fsp3) is 0.167. The molecule has 1 aromatic carbocycles. The van der Waals surface area contributed by atoms with Gasteiger partial charge in [0.2, 0.25) is 0 Å². The lowest BCUT2D eigenvalue weighted by Gasteiger charge is -2.02. The van der Waals surface area contributed by atoms with Gasteiger partial charge in [-0.15, -0.1) is 11.8 Å². The quantitative estimate of drug-likeness (QED) is 0.500. The molecule has 1 aromatic heterocycles. The summed E-state index contributed by atoms with van der Waals surface area (Å²) in [4.78, 5) is 12.8. The van der Waals surface area contributed by atoms with E-state index in [9.17, 15) is 9.90 Å². The van der Waals surface area contributed by atoms with Gasteiger partial charge in [-0.1, -0.05) is 0 Å². The van der Waals surface area contributed by atoms with E-state index < -0.39 is 0 Å². The van der Waals surface area contributed by atoms with Gasteiger partial charge < -0.3 is 10.2 Å². The van der Waals surface area contributed by atoms with E-state index in [0.29, 0.717) is 5.56 Å². The van der Waals surface area contributed by atoms with E-state index in [1.807, 2.05) is 13.2 Å². The second kappa shape index (κ2) is 5.14. The number of aryl methyl sites for hydroxylation is 1. The zero-order valence-electron chi connectivity index (χ0n) is 9.70. The van der Waals surface area contributed by atoms with Crippen molar-refractivity contribution in [3.63, 3.8) is 0 Å². The van der Waals surface area contributed by atoms with Crippen LogP contribution >= 0.6 is 11.8 Å². The zero-order valence-corrected chi connectivity index (χ0v) is 10.5. The Bertz CT molecular complexity index is 580. The molecule has 0 aliphatic rings. The molecule has 0 radical (unpaired) electrons. The van der Waals surface area contributed by atoms with Crippen molar-refractivity contribution in [1.82, 2.24) is 9.78 Å². The molecule has 2 rings (SSSR count). The highest BCUT2D eigenvalue weighted by atomic mass is 32.2. The maximum atomic E-state index is 11.8. The minimum Gasteiger partial charge on any atom is -0.504 e. The minimum absolute atomic E-state index is 0.112. The molecule has 0 spiro atoms. The molecule has 0 atom stereocenters. The summed E-state index contributed by atoms with van der Waals surface area (Å²) in [5.41, 5.74) is 0.377. The van der Waals surface area contributed by atoms with E-state index in [4.69, 9.17) is 5.11 Å². The number of aromatic hydroxyl groups is 2. The van der Waals surface area contributed by atoms with Crippen LogP contribution in [0.15, 0.2) is 35.5 Å². The van der Waals surface area contributed by atoms with Crippen molar-refractivity contribution in [2.45, 2.75) is 4.90 Å². The molecule has 0 bridgehead atoms. The summed E-state index contributed by atoms with van der Waals surface area (Å²) in [6.45, 7) is 0. The summed E-state index contributed by atoms with van der Waals surface area (Å²) in [6.07, 6.45) is 3.51. The topological polar surface area (TPSA) is 75.4 Å². The number of benzene rings is 1. The Labute approximate surface area is 108 Å². The Balaban J connectivity index is 2.01. The number of Topliss-reactive ketones (excluding diaryl/α,β-unsaturated/α-hetero) is 1. The standard InChI is InChI=1S/C12H12N2O3S/c1-14-6-9(5-13-14)18-7-12(17)8-2-3-10(15)11(16)4-8/h2-6,15-16H,7H2,1H3. The second-order valence-corrected chi connectivity index (χ2v) is 4.81. The summed E-state index contributed by atoms with van der Waals surface area (Å²) in [5, 5.41) is 22.5. The van der Waals surface area contributed by atoms with Crippen molar-refractivity contribution in [1.29, 1.82) is 0 Å². The SMILES string of the molecule is Cn1cc(SCC(=O)c2ccc(O)c(O)c2)cn1. The largest absolute Gasteiger partial charge is 0.504 e. The molecule has 0 amide bonds. The predicted molar refractivity (Wildman–Crippen MR) is 68.0 cm³/mol. The highest BCUT2D eigenvalue weighted by Crippen LogP contribution is 2.26. The van der Waals surface area contributed by atoms with Gasteiger partial charge in [0.25, 0.3) is 0 Å². The van der Waals surface area contributed by atoms with Crippen LogP contribution in [0, 0.1) is 0 Å². The Morgan fingerprint density at radius 2 is 2.17 bits per heavy atom. The fourth-order valence-corrected chi connectivity index (χ4v) is 2.22. The zero-order chi connectivity index (χ0) is 13.1. The van der Waals surface area contributed by atoms with E-state index in [1.165, 1.54) is 30.0 Å². The average Bonchev–Trinajstić information content (AvgIpc) is 2.75. The Morgan fingerprint density at radius 1 is 1.39 bits per heavy atom. The van der Waals surface area contributed by atoms with Gasteiger partial charge in [0.05, 0.1) is 11.9 Å². The molecular weight excluding hydrogens is 252 g/mol. The summed E-state index contributed by atoms with van der Waals surface area (Å²) >= 11 is 1.38. The van der Waals surface area contributed by atoms with Gasteiger partial charge in [0.1, 0.15) is 0 Å². The molecule has 0 fully saturated rings. The molecule has 6 heteroatoms. The third-order valence-electron chi connectivity index (χ3n) is 2.35. The Morgan fingerprint density at radius 3 is 2.78 bits per heavy atom. The maximum Gasteiger partial charge on any atom is 0.173 e. The monoisotopic (exact) mass is 264 g/mol. The number of nitrogens with zero attached hydrogens (tertiary/aromatic N) is 2. The first-order valence-electron chi connectivity index (χ1n) is 5.23. The number of rotatable bonds is 4. The minimum atomic E-state index is -0.285. The van der Waals surface area contributed by atoms with Crippen LogP contribution in [-0.4, -0.2) is 31.5 Å². The number of hydrogen-bond acceptors (Lipinski definition) is 5. The molecule has 0 aliphatic heterocycles. The molecule has 1 heterocycles. The summed E-state index contributed by atoms with van der Waals surface area (Å²) < 4.78 is 1.67. The van der Waals surface area contributed by atoms with Crippen molar-refractivity contribution in [2.24, 2.45) is 7.05 Å². The highest BCUT2D eigenvalue weighted by Gasteiger charge is 2.10. The highest BCUT2D eigenvalue weighted by molar-refractivity contribution is 8.00. The fourth-order valence-electron chi connectivity index (χ4n) is 1.40. The molecule has 0 saturated heterocycles. The number of phenols is 2. The van der Waals surface area contributed by atoms with Gasteiger partial charge in [0, 0.05) is 23.7 Å². The molecule has 5 nitrogen and oxygen atoms in total. The van der Waals surface area contributed by atoms with Gasteiger partial charge in [-0.05, 0) is 18.2 Å². The summed E-state index contributed by atoms with van der Waals surface area (Å²) in [7, 11) is 1.81. The number of hydrogen-bond donors (Lipinski definition) is 2. The van der Waals surface area contributed by atoms with Crippen LogP contribution in [-0.2, 0) is 7.05 Å². The molecule has 94 valence electrons. The third-order valence-corrected chi connectivity index (χ3v) is 3.30. The van der Waals surface area contributed by atoms with Gasteiger partial charge in [-0.2, -0.15) is 5.10 Å². The van der Waals surface area contributed by atoms with Gasteiger partial charge >= 0.3 is 0 Å². The second-order valence-electron chi connectivity index (χ2n) is 3.77. The lowest BCUT2D eigenvalue weighted by molar-refractivity contribution is 0.102. The van der Waals surface area contributed by atoms with Crippen LogP contribution in [0.5, 0.6) is 11.5 Å². The van der Waals surface area contributed by atoms with Crippen LogP contribution in [0.2, 0.25) is 0 Å². The molecular formula is C12H12N2O3S. The number of thioether (sulfide) groups is 1. The smallest absolute Gasteiger partial charge is 0.173 e. The van der Waals surface area contributed by atoms with Crippen LogP contribution in [0.25, 0.3) is 0 Å². The van der Waals surface area contributed by atoms with Crippen molar-refractivity contribution < 1.29 is 15.0 Å². The molecule has 2 aromatic rings. The van der Waals surface area contributed by atoms with Crippen molar-refractivity contribution >= 4 is 17.5 Å². The molecule has 0 aliphatic carbocycles. The van der Waals surface area contributed by atoms with E-state index >= 15 is 0 Å². The predicted octanol–water partition coefficient (Wildman–Crippen LogP) is 1.81. The number of carbonyl (C=O) groups excluding carboxylic acids is 1. The number of carbonyl (C=O) groups is 1. The van der Waals surface area contributed by atoms with Crippen molar-refractivity contribution in [3.05, 3.63) is 36.2 Å². The third kappa shape index (κ3) is 2.84. The summed E-state index contributed by atoms with van der Waals surface area (Å²) in [6, 6.07) is 4.06. The van der Waals surface area contributed by atoms with E-state index in [1.54, 1.807) is 10.9 Å². The first kappa shape index (κ1) is 12.5. The van der Waals surface area contributed by atoms with E-state index in [2.05, 4.69) is 5.10 Å². The van der Waals surface area contributed by atoms with Gasteiger partial charge in [0.15, 0.2) is 17.3 Å². The number of ketones is 1. The molecule has 0 saturated carbocycles. The molecule has 2 N–H and O–H groups in total.